The minimum absolute atomic E-state index is 0. The molecule has 5 nitrogen and oxygen atoms in total. The number of amides is 2. The van der Waals surface area contributed by atoms with Gasteiger partial charge in [-0.1, -0.05) is 6.08 Å². The molecule has 18 heavy (non-hydrogen) atoms. The zero-order valence-electron chi connectivity index (χ0n) is 10.8. The molecular formula is C12H22ClN3O2. The number of carbonyl (C=O) groups excluding carboxylic acids is 2. The largest absolute Gasteiger partial charge is 0.354 e. The van der Waals surface area contributed by atoms with Gasteiger partial charge in [0.05, 0.1) is 6.04 Å². The first-order valence-corrected chi connectivity index (χ1v) is 6.01. The first-order chi connectivity index (χ1) is 8.15. The molecule has 1 rings (SSSR count). The van der Waals surface area contributed by atoms with Gasteiger partial charge < -0.3 is 15.5 Å². The van der Waals surface area contributed by atoms with E-state index in [0.29, 0.717) is 19.5 Å². The van der Waals surface area contributed by atoms with Crippen molar-refractivity contribution in [3.63, 3.8) is 0 Å². The van der Waals surface area contributed by atoms with Crippen molar-refractivity contribution in [2.45, 2.75) is 25.3 Å². The van der Waals surface area contributed by atoms with Gasteiger partial charge in [0.2, 0.25) is 11.8 Å². The number of nitrogens with one attached hydrogen (secondary N) is 2. The molecule has 1 unspecified atom stereocenters. The molecule has 0 aromatic heterocycles. The van der Waals surface area contributed by atoms with E-state index in [1.807, 2.05) is 0 Å². The van der Waals surface area contributed by atoms with Crippen LogP contribution in [0.3, 0.4) is 0 Å². The lowest BCUT2D eigenvalue weighted by molar-refractivity contribution is -0.129. The molecule has 104 valence electrons. The summed E-state index contributed by atoms with van der Waals surface area (Å²) in [5.41, 5.74) is 0. The second-order valence-corrected chi connectivity index (χ2v) is 4.25. The standard InChI is InChI=1S/C12H21N3O2.ClH/c1-3-9-15(2)11(16)6-8-14-12(17)10-5-4-7-13-10;/h3,10,13H,1,4-9H2,2H3,(H,14,17);1H. The lowest BCUT2D eigenvalue weighted by Crippen LogP contribution is -2.41. The van der Waals surface area contributed by atoms with Crippen molar-refractivity contribution in [2.24, 2.45) is 0 Å². The Kier molecular flexibility index (Phi) is 8.41. The maximum Gasteiger partial charge on any atom is 0.237 e. The summed E-state index contributed by atoms with van der Waals surface area (Å²) >= 11 is 0. The third kappa shape index (κ3) is 5.51. The van der Waals surface area contributed by atoms with E-state index in [9.17, 15) is 9.59 Å². The van der Waals surface area contributed by atoms with Crippen molar-refractivity contribution in [3.05, 3.63) is 12.7 Å². The highest BCUT2D eigenvalue weighted by molar-refractivity contribution is 5.85. The van der Waals surface area contributed by atoms with Gasteiger partial charge in [0, 0.05) is 26.6 Å². The van der Waals surface area contributed by atoms with E-state index in [-0.39, 0.29) is 30.3 Å². The molecule has 2 amide bonds. The van der Waals surface area contributed by atoms with E-state index in [1.165, 1.54) is 0 Å². The molecule has 0 saturated carbocycles. The van der Waals surface area contributed by atoms with E-state index in [4.69, 9.17) is 0 Å². The third-order valence-corrected chi connectivity index (χ3v) is 2.84. The summed E-state index contributed by atoms with van der Waals surface area (Å²) in [5, 5.41) is 5.89. The van der Waals surface area contributed by atoms with Gasteiger partial charge in [-0.2, -0.15) is 0 Å². The topological polar surface area (TPSA) is 61.4 Å². The van der Waals surface area contributed by atoms with Gasteiger partial charge in [-0.15, -0.1) is 19.0 Å². The minimum atomic E-state index is -0.0731. The van der Waals surface area contributed by atoms with Crippen LogP contribution in [0.15, 0.2) is 12.7 Å². The predicted molar refractivity (Wildman–Crippen MR) is 73.7 cm³/mol. The summed E-state index contributed by atoms with van der Waals surface area (Å²) in [6.45, 7) is 5.41. The number of rotatable bonds is 6. The minimum Gasteiger partial charge on any atom is -0.354 e. The summed E-state index contributed by atoms with van der Waals surface area (Å²) in [6, 6.07) is -0.0731. The molecule has 1 heterocycles. The highest BCUT2D eigenvalue weighted by atomic mass is 35.5. The molecule has 0 aliphatic carbocycles. The number of hydrogen-bond donors (Lipinski definition) is 2. The van der Waals surface area contributed by atoms with Crippen LogP contribution >= 0.6 is 12.4 Å². The second kappa shape index (κ2) is 8.94. The molecule has 0 bridgehead atoms. The summed E-state index contributed by atoms with van der Waals surface area (Å²) < 4.78 is 0. The zero-order valence-corrected chi connectivity index (χ0v) is 11.6. The summed E-state index contributed by atoms with van der Waals surface area (Å²) in [4.78, 5) is 24.7. The fraction of sp³-hybridized carbons (Fsp3) is 0.667. The molecule has 1 atom stereocenters. The molecule has 6 heteroatoms. The lowest BCUT2D eigenvalue weighted by atomic mass is 10.2. The number of halogens is 1. The van der Waals surface area contributed by atoms with Crippen molar-refractivity contribution in [1.82, 2.24) is 15.5 Å². The third-order valence-electron chi connectivity index (χ3n) is 2.84. The van der Waals surface area contributed by atoms with Crippen molar-refractivity contribution in [1.29, 1.82) is 0 Å². The maximum absolute atomic E-state index is 11.6. The van der Waals surface area contributed by atoms with Crippen LogP contribution in [0.5, 0.6) is 0 Å². The lowest BCUT2D eigenvalue weighted by Gasteiger charge is -2.15. The van der Waals surface area contributed by atoms with E-state index >= 15 is 0 Å². The van der Waals surface area contributed by atoms with E-state index in [1.54, 1.807) is 18.0 Å². The van der Waals surface area contributed by atoms with Crippen LogP contribution in [0.2, 0.25) is 0 Å². The number of nitrogens with zero attached hydrogens (tertiary/aromatic N) is 1. The van der Waals surface area contributed by atoms with E-state index in [2.05, 4.69) is 17.2 Å². The van der Waals surface area contributed by atoms with Gasteiger partial charge in [0.15, 0.2) is 0 Å². The molecule has 0 aromatic rings. The van der Waals surface area contributed by atoms with Crippen molar-refractivity contribution in [2.75, 3.05) is 26.7 Å². The van der Waals surface area contributed by atoms with Crippen molar-refractivity contribution >= 4 is 24.2 Å². The van der Waals surface area contributed by atoms with Crippen LogP contribution < -0.4 is 10.6 Å². The Morgan fingerprint density at radius 1 is 1.56 bits per heavy atom. The van der Waals surface area contributed by atoms with Crippen LogP contribution in [0, 0.1) is 0 Å². The van der Waals surface area contributed by atoms with Crippen LogP contribution in [0.4, 0.5) is 0 Å². The molecule has 0 aromatic carbocycles. The Hall–Kier alpha value is -1.07. The Morgan fingerprint density at radius 2 is 2.28 bits per heavy atom. The average molecular weight is 276 g/mol. The Morgan fingerprint density at radius 3 is 2.83 bits per heavy atom. The molecule has 1 aliphatic heterocycles. The van der Waals surface area contributed by atoms with Crippen molar-refractivity contribution < 1.29 is 9.59 Å². The molecule has 1 aliphatic rings. The van der Waals surface area contributed by atoms with Gasteiger partial charge >= 0.3 is 0 Å². The molecule has 0 radical (unpaired) electrons. The number of carbonyl (C=O) groups is 2. The fourth-order valence-electron chi connectivity index (χ4n) is 1.81. The fourth-order valence-corrected chi connectivity index (χ4v) is 1.81. The number of likely N-dealkylation sites (N-methyl/N-ethyl adjacent to an activating group) is 1. The summed E-state index contributed by atoms with van der Waals surface area (Å²) in [6.07, 6.45) is 3.94. The van der Waals surface area contributed by atoms with Gasteiger partial charge in [-0.3, -0.25) is 9.59 Å². The highest BCUT2D eigenvalue weighted by Gasteiger charge is 2.21. The molecule has 1 saturated heterocycles. The van der Waals surface area contributed by atoms with Crippen molar-refractivity contribution in [3.8, 4) is 0 Å². The Bertz CT molecular complexity index is 291. The first-order valence-electron chi connectivity index (χ1n) is 6.01. The Balaban J connectivity index is 0.00000289. The zero-order chi connectivity index (χ0) is 12.7. The van der Waals surface area contributed by atoms with E-state index < -0.39 is 0 Å². The van der Waals surface area contributed by atoms with Crippen LogP contribution in [0.25, 0.3) is 0 Å². The average Bonchev–Trinajstić information content (AvgIpc) is 2.82. The monoisotopic (exact) mass is 275 g/mol. The second-order valence-electron chi connectivity index (χ2n) is 4.25. The van der Waals surface area contributed by atoms with Gasteiger partial charge in [0.1, 0.15) is 0 Å². The van der Waals surface area contributed by atoms with Gasteiger partial charge in [0.25, 0.3) is 0 Å². The number of hydrogen-bond acceptors (Lipinski definition) is 3. The van der Waals surface area contributed by atoms with E-state index in [0.717, 1.165) is 19.4 Å². The molecular weight excluding hydrogens is 254 g/mol. The predicted octanol–water partition coefficient (Wildman–Crippen LogP) is 0.311. The Labute approximate surface area is 114 Å². The summed E-state index contributed by atoms with van der Waals surface area (Å²) in [5.74, 6) is 0.0197. The van der Waals surface area contributed by atoms with Crippen LogP contribution in [0.1, 0.15) is 19.3 Å². The molecule has 1 fully saturated rings. The van der Waals surface area contributed by atoms with Crippen LogP contribution in [-0.4, -0.2) is 49.4 Å². The first kappa shape index (κ1) is 16.9. The highest BCUT2D eigenvalue weighted by Crippen LogP contribution is 2.04. The smallest absolute Gasteiger partial charge is 0.237 e. The quantitative estimate of drug-likeness (QED) is 0.686. The van der Waals surface area contributed by atoms with Crippen LogP contribution in [-0.2, 0) is 9.59 Å². The van der Waals surface area contributed by atoms with Gasteiger partial charge in [-0.05, 0) is 19.4 Å². The molecule has 2 N–H and O–H groups in total. The summed E-state index contributed by atoms with van der Waals surface area (Å²) in [7, 11) is 1.73. The maximum atomic E-state index is 11.6. The van der Waals surface area contributed by atoms with Gasteiger partial charge in [-0.25, -0.2) is 0 Å². The molecule has 0 spiro atoms. The SMILES string of the molecule is C=CCN(C)C(=O)CCNC(=O)C1CCCN1.Cl. The normalized spacial score (nSPS) is 17.7.